The molecule has 1 unspecified atom stereocenters. The van der Waals surface area contributed by atoms with Crippen molar-refractivity contribution in [3.05, 3.63) is 65.4 Å². The number of nitrogens with one attached hydrogen (secondary N) is 1. The van der Waals surface area contributed by atoms with Gasteiger partial charge in [0.25, 0.3) is 11.8 Å². The number of amides is 2. The third kappa shape index (κ3) is 3.98. The molecule has 1 N–H and O–H groups in total. The van der Waals surface area contributed by atoms with Crippen LogP contribution in [0.15, 0.2) is 48.7 Å². The zero-order valence-corrected chi connectivity index (χ0v) is 18.1. The summed E-state index contributed by atoms with van der Waals surface area (Å²) in [7, 11) is 1.66. The lowest BCUT2D eigenvalue weighted by Crippen LogP contribution is -2.31. The van der Waals surface area contributed by atoms with Gasteiger partial charge in [0.1, 0.15) is 5.75 Å². The second-order valence-corrected chi connectivity index (χ2v) is 7.90. The second-order valence-electron chi connectivity index (χ2n) is 7.90. The standard InChI is InChI=1S/C25H27N3O3/c1-4-17(8-7-13-28-24(29)19-9-5-6-10-20(19)25(28)30)27-22-15-18(31-3)14-21-16(2)11-12-26-23(21)22/h5-6,9-12,14-15,17,27H,4,7-8,13H2,1-3H3. The molecule has 1 aromatic heterocycles. The van der Waals surface area contributed by atoms with Gasteiger partial charge in [-0.2, -0.15) is 0 Å². The smallest absolute Gasteiger partial charge is 0.261 e. The number of pyridine rings is 1. The number of benzene rings is 2. The summed E-state index contributed by atoms with van der Waals surface area (Å²) >= 11 is 0. The summed E-state index contributed by atoms with van der Waals surface area (Å²) in [6, 6.07) is 13.2. The predicted molar refractivity (Wildman–Crippen MR) is 122 cm³/mol. The monoisotopic (exact) mass is 417 g/mol. The fourth-order valence-electron chi connectivity index (χ4n) is 4.13. The van der Waals surface area contributed by atoms with Crippen LogP contribution in [0.25, 0.3) is 10.9 Å². The third-order valence-corrected chi connectivity index (χ3v) is 5.94. The molecule has 31 heavy (non-hydrogen) atoms. The molecule has 1 aliphatic rings. The SMILES string of the molecule is CCC(CCCN1C(=O)c2ccccc2C1=O)Nc1cc(OC)cc2c(C)ccnc12. The maximum absolute atomic E-state index is 12.6. The maximum atomic E-state index is 12.6. The van der Waals surface area contributed by atoms with E-state index in [-0.39, 0.29) is 17.9 Å². The lowest BCUT2D eigenvalue weighted by Gasteiger charge is -2.21. The number of anilines is 1. The molecule has 2 heterocycles. The van der Waals surface area contributed by atoms with Gasteiger partial charge in [-0.15, -0.1) is 0 Å². The average Bonchev–Trinajstić information content (AvgIpc) is 3.03. The number of carbonyl (C=O) groups excluding carboxylic acids is 2. The first-order valence-corrected chi connectivity index (χ1v) is 10.7. The zero-order chi connectivity index (χ0) is 22.0. The Bertz CT molecular complexity index is 1110. The van der Waals surface area contributed by atoms with Gasteiger partial charge in [0.2, 0.25) is 0 Å². The van der Waals surface area contributed by atoms with Crippen LogP contribution >= 0.6 is 0 Å². The Balaban J connectivity index is 1.45. The summed E-state index contributed by atoms with van der Waals surface area (Å²) in [5.41, 5.74) is 4.00. The highest BCUT2D eigenvalue weighted by Gasteiger charge is 2.34. The quantitative estimate of drug-likeness (QED) is 0.532. The van der Waals surface area contributed by atoms with E-state index < -0.39 is 0 Å². The summed E-state index contributed by atoms with van der Waals surface area (Å²) in [6.07, 6.45) is 4.28. The number of imide groups is 1. The summed E-state index contributed by atoms with van der Waals surface area (Å²) in [6.45, 7) is 4.61. The molecule has 3 aromatic rings. The number of rotatable bonds is 8. The van der Waals surface area contributed by atoms with Gasteiger partial charge in [-0.05, 0) is 56.0 Å². The number of nitrogens with zero attached hydrogens (tertiary/aromatic N) is 2. The van der Waals surface area contributed by atoms with E-state index >= 15 is 0 Å². The predicted octanol–water partition coefficient (Wildman–Crippen LogP) is 4.82. The Hall–Kier alpha value is -3.41. The van der Waals surface area contributed by atoms with E-state index in [2.05, 4.69) is 24.1 Å². The van der Waals surface area contributed by atoms with Crippen molar-refractivity contribution < 1.29 is 14.3 Å². The molecule has 1 aliphatic heterocycles. The van der Waals surface area contributed by atoms with Crippen LogP contribution in [0.3, 0.4) is 0 Å². The Morgan fingerprint density at radius 3 is 2.45 bits per heavy atom. The Morgan fingerprint density at radius 2 is 1.81 bits per heavy atom. The fourth-order valence-corrected chi connectivity index (χ4v) is 4.13. The van der Waals surface area contributed by atoms with Crippen LogP contribution < -0.4 is 10.1 Å². The molecule has 2 amide bonds. The summed E-state index contributed by atoms with van der Waals surface area (Å²) in [4.78, 5) is 31.1. The Morgan fingerprint density at radius 1 is 1.10 bits per heavy atom. The largest absolute Gasteiger partial charge is 0.497 e. The molecule has 6 nitrogen and oxygen atoms in total. The van der Waals surface area contributed by atoms with E-state index in [1.165, 1.54) is 4.90 Å². The van der Waals surface area contributed by atoms with Gasteiger partial charge in [0, 0.05) is 30.2 Å². The number of aryl methyl sites for hydroxylation is 1. The molecule has 0 bridgehead atoms. The average molecular weight is 418 g/mol. The first-order chi connectivity index (χ1) is 15.0. The molecule has 0 fully saturated rings. The van der Waals surface area contributed by atoms with Crippen molar-refractivity contribution in [1.82, 2.24) is 9.88 Å². The van der Waals surface area contributed by atoms with Crippen LogP contribution in [0.2, 0.25) is 0 Å². The molecule has 1 atom stereocenters. The molecule has 0 aliphatic carbocycles. The zero-order valence-electron chi connectivity index (χ0n) is 18.1. The summed E-state index contributed by atoms with van der Waals surface area (Å²) in [5, 5.41) is 4.67. The highest BCUT2D eigenvalue weighted by Crippen LogP contribution is 2.31. The van der Waals surface area contributed by atoms with Crippen molar-refractivity contribution in [2.75, 3.05) is 19.0 Å². The van der Waals surface area contributed by atoms with Crippen molar-refractivity contribution >= 4 is 28.4 Å². The minimum absolute atomic E-state index is 0.188. The number of methoxy groups -OCH3 is 1. The highest BCUT2D eigenvalue weighted by atomic mass is 16.5. The molecule has 6 heteroatoms. The second kappa shape index (κ2) is 8.76. The minimum Gasteiger partial charge on any atom is -0.497 e. The normalized spacial score (nSPS) is 14.1. The van der Waals surface area contributed by atoms with Crippen LogP contribution in [-0.2, 0) is 0 Å². The van der Waals surface area contributed by atoms with E-state index in [4.69, 9.17) is 4.74 Å². The maximum Gasteiger partial charge on any atom is 0.261 e. The van der Waals surface area contributed by atoms with Crippen LogP contribution in [0.5, 0.6) is 5.75 Å². The number of carbonyl (C=O) groups is 2. The first kappa shape index (κ1) is 20.8. The topological polar surface area (TPSA) is 71.5 Å². The molecule has 4 rings (SSSR count). The van der Waals surface area contributed by atoms with Gasteiger partial charge < -0.3 is 10.1 Å². The van der Waals surface area contributed by atoms with Crippen LogP contribution in [0.4, 0.5) is 5.69 Å². The van der Waals surface area contributed by atoms with Crippen molar-refractivity contribution in [3.63, 3.8) is 0 Å². The summed E-state index contributed by atoms with van der Waals surface area (Å²) in [5.74, 6) is 0.395. The van der Waals surface area contributed by atoms with E-state index in [1.807, 2.05) is 24.4 Å². The number of fused-ring (bicyclic) bond motifs is 2. The van der Waals surface area contributed by atoms with Crippen LogP contribution in [-0.4, -0.2) is 41.4 Å². The molecule has 2 aromatic carbocycles. The van der Waals surface area contributed by atoms with Gasteiger partial charge in [0.15, 0.2) is 0 Å². The van der Waals surface area contributed by atoms with Gasteiger partial charge in [-0.1, -0.05) is 19.1 Å². The first-order valence-electron chi connectivity index (χ1n) is 10.7. The van der Waals surface area contributed by atoms with Gasteiger partial charge >= 0.3 is 0 Å². The molecule has 0 saturated heterocycles. The fraction of sp³-hybridized carbons (Fsp3) is 0.320. The van der Waals surface area contributed by atoms with Crippen LogP contribution in [0, 0.1) is 6.92 Å². The Kier molecular flexibility index (Phi) is 5.89. The molecular weight excluding hydrogens is 390 g/mol. The number of hydrogen-bond acceptors (Lipinski definition) is 5. The van der Waals surface area contributed by atoms with Crippen LogP contribution in [0.1, 0.15) is 52.5 Å². The lowest BCUT2D eigenvalue weighted by molar-refractivity contribution is 0.0651. The van der Waals surface area contributed by atoms with Gasteiger partial charge in [0.05, 0.1) is 29.4 Å². The number of hydrogen-bond donors (Lipinski definition) is 1. The highest BCUT2D eigenvalue weighted by molar-refractivity contribution is 6.21. The van der Waals surface area contributed by atoms with Crippen molar-refractivity contribution in [3.8, 4) is 5.75 Å². The van der Waals surface area contributed by atoms with Crippen molar-refractivity contribution in [2.45, 2.75) is 39.2 Å². The lowest BCUT2D eigenvalue weighted by atomic mass is 10.1. The molecule has 0 radical (unpaired) electrons. The van der Waals surface area contributed by atoms with E-state index in [9.17, 15) is 9.59 Å². The molecule has 0 saturated carbocycles. The Labute approximate surface area is 182 Å². The van der Waals surface area contributed by atoms with E-state index in [1.54, 1.807) is 31.4 Å². The molecule has 0 spiro atoms. The third-order valence-electron chi connectivity index (χ3n) is 5.94. The van der Waals surface area contributed by atoms with E-state index in [0.29, 0.717) is 17.7 Å². The minimum atomic E-state index is -0.194. The van der Waals surface area contributed by atoms with Crippen molar-refractivity contribution in [2.24, 2.45) is 0 Å². The van der Waals surface area contributed by atoms with Crippen molar-refractivity contribution in [1.29, 1.82) is 0 Å². The molecular formula is C25H27N3O3. The molecule has 160 valence electrons. The van der Waals surface area contributed by atoms with Gasteiger partial charge in [-0.25, -0.2) is 0 Å². The number of ether oxygens (including phenoxy) is 1. The summed E-state index contributed by atoms with van der Waals surface area (Å²) < 4.78 is 5.49. The van der Waals surface area contributed by atoms with Gasteiger partial charge in [-0.3, -0.25) is 19.5 Å². The number of aromatic nitrogens is 1. The van der Waals surface area contributed by atoms with E-state index in [0.717, 1.165) is 47.2 Å².